The Morgan fingerprint density at radius 1 is 0.964 bits per heavy atom. The summed E-state index contributed by atoms with van der Waals surface area (Å²) in [6, 6.07) is 13.2. The molecule has 0 aliphatic carbocycles. The average Bonchev–Trinajstić information content (AvgIpc) is 2.87. The molecule has 1 aliphatic heterocycles. The van der Waals surface area contributed by atoms with Crippen molar-refractivity contribution in [1.82, 2.24) is 4.90 Å². The molecule has 0 atom stereocenters. The van der Waals surface area contributed by atoms with Crippen molar-refractivity contribution in [3.05, 3.63) is 64.9 Å². The number of carbonyl (C=O) groups excluding carboxylic acids is 2. The molecule has 0 saturated carbocycles. The van der Waals surface area contributed by atoms with Gasteiger partial charge in [0.2, 0.25) is 0 Å². The summed E-state index contributed by atoms with van der Waals surface area (Å²) in [4.78, 5) is 26.5. The van der Waals surface area contributed by atoms with Gasteiger partial charge in [0.1, 0.15) is 11.4 Å². The van der Waals surface area contributed by atoms with Gasteiger partial charge in [-0.15, -0.1) is 0 Å². The van der Waals surface area contributed by atoms with Crippen LogP contribution in [0.3, 0.4) is 0 Å². The van der Waals surface area contributed by atoms with Gasteiger partial charge in [-0.1, -0.05) is 32.0 Å². The highest BCUT2D eigenvalue weighted by molar-refractivity contribution is 6.36. The van der Waals surface area contributed by atoms with Crippen LogP contribution in [0.25, 0.3) is 5.57 Å². The van der Waals surface area contributed by atoms with E-state index in [1.54, 1.807) is 0 Å². The van der Waals surface area contributed by atoms with Crippen molar-refractivity contribution in [3.63, 3.8) is 0 Å². The summed E-state index contributed by atoms with van der Waals surface area (Å²) in [5.74, 6) is 0.524. The third-order valence-electron chi connectivity index (χ3n) is 4.79. The highest BCUT2D eigenvalue weighted by Crippen LogP contribution is 2.31. The number of ether oxygens (including phenoxy) is 1. The number of hydrogen-bond donors (Lipinski definition) is 1. The maximum Gasteiger partial charge on any atom is 0.277 e. The van der Waals surface area contributed by atoms with E-state index in [0.717, 1.165) is 21.9 Å². The van der Waals surface area contributed by atoms with E-state index >= 15 is 0 Å². The molecule has 146 valence electrons. The van der Waals surface area contributed by atoms with Crippen molar-refractivity contribution in [2.75, 3.05) is 19.0 Å². The lowest BCUT2D eigenvalue weighted by Gasteiger charge is -2.11. The molecule has 0 fully saturated rings. The van der Waals surface area contributed by atoms with E-state index in [1.165, 1.54) is 12.6 Å². The molecule has 1 heterocycles. The number of aryl methyl sites for hydroxylation is 2. The zero-order valence-electron chi connectivity index (χ0n) is 17.0. The second-order valence-corrected chi connectivity index (χ2v) is 7.57. The SMILES string of the molecule is Cc1ccc(NC2=C(c3ccc(OCC(C)C)cc3)C(=O)N(C)C2=O)cc1C. The van der Waals surface area contributed by atoms with Gasteiger partial charge in [-0.25, -0.2) is 0 Å². The Bertz CT molecular complexity index is 943. The third-order valence-corrected chi connectivity index (χ3v) is 4.79. The Hall–Kier alpha value is -3.08. The maximum atomic E-state index is 12.7. The molecule has 0 bridgehead atoms. The minimum Gasteiger partial charge on any atom is -0.493 e. The first-order valence-electron chi connectivity index (χ1n) is 9.42. The molecule has 28 heavy (non-hydrogen) atoms. The highest BCUT2D eigenvalue weighted by Gasteiger charge is 2.36. The molecule has 3 rings (SSSR count). The van der Waals surface area contributed by atoms with Gasteiger partial charge in [0.15, 0.2) is 0 Å². The summed E-state index contributed by atoms with van der Waals surface area (Å²) < 4.78 is 5.71. The second kappa shape index (κ2) is 7.89. The van der Waals surface area contributed by atoms with Crippen LogP contribution in [0.5, 0.6) is 5.75 Å². The molecule has 0 spiro atoms. The van der Waals surface area contributed by atoms with Crippen LogP contribution in [0.4, 0.5) is 5.69 Å². The molecule has 2 amide bonds. The third kappa shape index (κ3) is 3.93. The fraction of sp³-hybridized carbons (Fsp3) is 0.304. The van der Waals surface area contributed by atoms with E-state index in [2.05, 4.69) is 19.2 Å². The van der Waals surface area contributed by atoms with Crippen molar-refractivity contribution in [2.24, 2.45) is 5.92 Å². The fourth-order valence-corrected chi connectivity index (χ4v) is 2.97. The molecule has 2 aromatic carbocycles. The Morgan fingerprint density at radius 2 is 1.64 bits per heavy atom. The Morgan fingerprint density at radius 3 is 2.25 bits per heavy atom. The van der Waals surface area contributed by atoms with Gasteiger partial charge in [0, 0.05) is 12.7 Å². The first-order chi connectivity index (χ1) is 13.3. The van der Waals surface area contributed by atoms with Crippen molar-refractivity contribution in [1.29, 1.82) is 0 Å². The van der Waals surface area contributed by atoms with E-state index in [1.807, 2.05) is 56.3 Å². The summed E-state index contributed by atoms with van der Waals surface area (Å²) in [5.41, 5.74) is 4.43. The number of hydrogen-bond acceptors (Lipinski definition) is 4. The van der Waals surface area contributed by atoms with Gasteiger partial charge < -0.3 is 10.1 Å². The zero-order chi connectivity index (χ0) is 20.4. The summed E-state index contributed by atoms with van der Waals surface area (Å²) in [6.07, 6.45) is 0. The van der Waals surface area contributed by atoms with Gasteiger partial charge in [-0.3, -0.25) is 14.5 Å². The quantitative estimate of drug-likeness (QED) is 0.767. The molecule has 5 nitrogen and oxygen atoms in total. The number of imide groups is 1. The summed E-state index contributed by atoms with van der Waals surface area (Å²) in [6.45, 7) is 8.84. The van der Waals surface area contributed by atoms with Crippen LogP contribution in [-0.2, 0) is 9.59 Å². The number of amides is 2. The lowest BCUT2D eigenvalue weighted by molar-refractivity contribution is -0.135. The predicted octanol–water partition coefficient (Wildman–Crippen LogP) is 4.16. The van der Waals surface area contributed by atoms with E-state index in [-0.39, 0.29) is 11.8 Å². The topological polar surface area (TPSA) is 58.6 Å². The number of anilines is 1. The number of benzene rings is 2. The average molecular weight is 378 g/mol. The monoisotopic (exact) mass is 378 g/mol. The van der Waals surface area contributed by atoms with Crippen LogP contribution >= 0.6 is 0 Å². The van der Waals surface area contributed by atoms with Crippen molar-refractivity contribution < 1.29 is 14.3 Å². The van der Waals surface area contributed by atoms with Gasteiger partial charge in [0.05, 0.1) is 12.2 Å². The summed E-state index contributed by atoms with van der Waals surface area (Å²) in [7, 11) is 1.50. The molecular formula is C23H26N2O3. The van der Waals surface area contributed by atoms with Gasteiger partial charge in [-0.05, 0) is 60.7 Å². The van der Waals surface area contributed by atoms with Crippen LogP contribution in [0.1, 0.15) is 30.5 Å². The lowest BCUT2D eigenvalue weighted by Crippen LogP contribution is -2.27. The minimum absolute atomic E-state index is 0.298. The smallest absolute Gasteiger partial charge is 0.277 e. The van der Waals surface area contributed by atoms with Crippen LogP contribution in [0.2, 0.25) is 0 Å². The molecule has 1 N–H and O–H groups in total. The number of nitrogens with one attached hydrogen (secondary N) is 1. The molecule has 0 saturated heterocycles. The zero-order valence-corrected chi connectivity index (χ0v) is 17.0. The van der Waals surface area contributed by atoms with Gasteiger partial charge in [0.25, 0.3) is 11.8 Å². The van der Waals surface area contributed by atoms with E-state index in [9.17, 15) is 9.59 Å². The number of nitrogens with zero attached hydrogens (tertiary/aromatic N) is 1. The highest BCUT2D eigenvalue weighted by atomic mass is 16.5. The summed E-state index contributed by atoms with van der Waals surface area (Å²) in [5, 5.41) is 3.16. The van der Waals surface area contributed by atoms with Gasteiger partial charge >= 0.3 is 0 Å². The van der Waals surface area contributed by atoms with Crippen molar-refractivity contribution in [2.45, 2.75) is 27.7 Å². The van der Waals surface area contributed by atoms with Crippen LogP contribution < -0.4 is 10.1 Å². The molecule has 0 unspecified atom stereocenters. The number of likely N-dealkylation sites (N-methyl/N-ethyl adjacent to an activating group) is 1. The lowest BCUT2D eigenvalue weighted by atomic mass is 10.0. The largest absolute Gasteiger partial charge is 0.493 e. The Kier molecular flexibility index (Phi) is 5.54. The summed E-state index contributed by atoms with van der Waals surface area (Å²) >= 11 is 0. The van der Waals surface area contributed by atoms with E-state index < -0.39 is 0 Å². The first-order valence-corrected chi connectivity index (χ1v) is 9.42. The van der Waals surface area contributed by atoms with Crippen LogP contribution in [0, 0.1) is 19.8 Å². The Balaban J connectivity index is 1.94. The molecule has 5 heteroatoms. The molecular weight excluding hydrogens is 352 g/mol. The van der Waals surface area contributed by atoms with Crippen molar-refractivity contribution >= 4 is 23.1 Å². The fourth-order valence-electron chi connectivity index (χ4n) is 2.97. The van der Waals surface area contributed by atoms with Crippen LogP contribution in [-0.4, -0.2) is 30.4 Å². The Labute approximate surface area is 166 Å². The van der Waals surface area contributed by atoms with Gasteiger partial charge in [-0.2, -0.15) is 0 Å². The standard InChI is InChI=1S/C23H26N2O3/c1-14(2)13-28-19-10-7-17(8-11-19)20-21(23(27)25(5)22(20)26)24-18-9-6-15(3)16(4)12-18/h6-12,14,24H,13H2,1-5H3. The molecule has 2 aromatic rings. The molecule has 0 aromatic heterocycles. The normalized spacial score (nSPS) is 14.3. The van der Waals surface area contributed by atoms with E-state index in [0.29, 0.717) is 29.4 Å². The molecule has 1 aliphatic rings. The van der Waals surface area contributed by atoms with Crippen molar-refractivity contribution in [3.8, 4) is 5.75 Å². The van der Waals surface area contributed by atoms with Crippen LogP contribution in [0.15, 0.2) is 48.2 Å². The number of rotatable bonds is 6. The predicted molar refractivity (Wildman–Crippen MR) is 111 cm³/mol. The molecule has 0 radical (unpaired) electrons. The maximum absolute atomic E-state index is 12.7. The number of carbonyl (C=O) groups is 2. The first kappa shape index (κ1) is 19.7. The van der Waals surface area contributed by atoms with E-state index in [4.69, 9.17) is 4.74 Å². The minimum atomic E-state index is -0.335. The second-order valence-electron chi connectivity index (χ2n) is 7.57.